The van der Waals surface area contributed by atoms with Gasteiger partial charge in [-0.25, -0.2) is 14.8 Å². The number of hydrogen-bond acceptors (Lipinski definition) is 6. The first-order valence-corrected chi connectivity index (χ1v) is 11.0. The molecule has 4 rings (SSSR count). The van der Waals surface area contributed by atoms with Crippen LogP contribution in [0.15, 0.2) is 30.5 Å². The molecule has 2 N–H and O–H groups in total. The summed E-state index contributed by atoms with van der Waals surface area (Å²) in [5, 5.41) is 12.2. The molecule has 10 heteroatoms. The molecule has 174 valence electrons. The number of carboxylic acid groups (broad SMARTS) is 1. The smallest absolute Gasteiger partial charge is 0.320 e. The number of pyridine rings is 2. The van der Waals surface area contributed by atoms with Crippen molar-refractivity contribution in [2.24, 2.45) is 0 Å². The van der Waals surface area contributed by atoms with Gasteiger partial charge >= 0.3 is 12.0 Å². The average Bonchev–Trinajstić information content (AvgIpc) is 3.17. The summed E-state index contributed by atoms with van der Waals surface area (Å²) in [6.07, 6.45) is 3.94. The third kappa shape index (κ3) is 5.21. The number of fused-ring (bicyclic) bond motifs is 1. The molecular weight excluding hydrogens is 426 g/mol. The van der Waals surface area contributed by atoms with Crippen LogP contribution in [0, 0.1) is 0 Å². The molecule has 1 fully saturated rings. The molecule has 2 aliphatic heterocycles. The largest absolute Gasteiger partial charge is 0.481 e. The van der Waals surface area contributed by atoms with E-state index in [4.69, 9.17) is 4.74 Å². The fourth-order valence-corrected chi connectivity index (χ4v) is 4.25. The van der Waals surface area contributed by atoms with Gasteiger partial charge < -0.3 is 25.0 Å². The van der Waals surface area contributed by atoms with Crippen molar-refractivity contribution >= 4 is 23.7 Å². The first-order chi connectivity index (χ1) is 15.9. The lowest BCUT2D eigenvalue weighted by Gasteiger charge is -2.27. The van der Waals surface area contributed by atoms with E-state index < -0.39 is 12.0 Å². The van der Waals surface area contributed by atoms with Gasteiger partial charge in [0, 0.05) is 44.0 Å². The number of nitrogens with zero attached hydrogens (tertiary/aromatic N) is 4. The van der Waals surface area contributed by atoms with Crippen molar-refractivity contribution in [1.82, 2.24) is 19.8 Å². The minimum Gasteiger partial charge on any atom is -0.481 e. The van der Waals surface area contributed by atoms with E-state index in [9.17, 15) is 19.5 Å². The van der Waals surface area contributed by atoms with E-state index in [0.29, 0.717) is 62.6 Å². The lowest BCUT2D eigenvalue weighted by Crippen LogP contribution is -2.36. The Morgan fingerprint density at radius 1 is 1.21 bits per heavy atom. The Balaban J connectivity index is 1.36. The number of amides is 3. The second kappa shape index (κ2) is 9.85. The van der Waals surface area contributed by atoms with E-state index in [1.807, 2.05) is 12.1 Å². The molecule has 2 aliphatic rings. The molecule has 0 saturated carbocycles. The standard InChI is InChI=1S/C23H27N5O5/c1-33-20-9-6-16(14-24-20)18(13-21(30)31)28-12-11-27(23(28)32)10-2-3-17-7-4-15-5-8-19(29)26-22(15)25-17/h4,6-7,9,14,18H,2-3,5,8,10-13H2,1H3,(H,30,31)(H,25,26,29)/t18-/m0/s1. The zero-order valence-electron chi connectivity index (χ0n) is 18.5. The Kier molecular flexibility index (Phi) is 6.71. The Labute approximate surface area is 191 Å². The molecule has 0 radical (unpaired) electrons. The highest BCUT2D eigenvalue weighted by Crippen LogP contribution is 2.29. The van der Waals surface area contributed by atoms with Gasteiger partial charge in [0.25, 0.3) is 0 Å². The van der Waals surface area contributed by atoms with E-state index >= 15 is 0 Å². The number of anilines is 1. The van der Waals surface area contributed by atoms with Crippen molar-refractivity contribution in [2.75, 3.05) is 32.1 Å². The van der Waals surface area contributed by atoms with Crippen LogP contribution in [-0.4, -0.2) is 69.5 Å². The number of carboxylic acids is 1. The number of aliphatic carboxylic acids is 1. The zero-order valence-corrected chi connectivity index (χ0v) is 18.5. The molecule has 0 unspecified atom stereocenters. The molecule has 0 aromatic carbocycles. The lowest BCUT2D eigenvalue weighted by molar-refractivity contribution is -0.138. The van der Waals surface area contributed by atoms with Crippen LogP contribution < -0.4 is 10.1 Å². The average molecular weight is 453 g/mol. The number of aryl methyl sites for hydroxylation is 2. The van der Waals surface area contributed by atoms with Gasteiger partial charge in [-0.2, -0.15) is 0 Å². The van der Waals surface area contributed by atoms with Crippen LogP contribution in [0.25, 0.3) is 0 Å². The number of carbonyl (C=O) groups excluding carboxylic acids is 2. The topological polar surface area (TPSA) is 125 Å². The summed E-state index contributed by atoms with van der Waals surface area (Å²) in [4.78, 5) is 48.2. The minimum atomic E-state index is -0.979. The molecule has 10 nitrogen and oxygen atoms in total. The van der Waals surface area contributed by atoms with Crippen molar-refractivity contribution < 1.29 is 24.2 Å². The number of nitrogens with one attached hydrogen (secondary N) is 1. The van der Waals surface area contributed by atoms with Crippen LogP contribution >= 0.6 is 0 Å². The Bertz CT molecular complexity index is 1040. The number of urea groups is 1. The summed E-state index contributed by atoms with van der Waals surface area (Å²) >= 11 is 0. The number of carbonyl (C=O) groups is 3. The SMILES string of the molecule is COc1ccc([C@H](CC(=O)O)N2CCN(CCCc3ccc4c(n3)NC(=O)CC4)C2=O)cn1. The van der Waals surface area contributed by atoms with Crippen molar-refractivity contribution in [1.29, 1.82) is 0 Å². The Morgan fingerprint density at radius 3 is 2.79 bits per heavy atom. The van der Waals surface area contributed by atoms with Gasteiger partial charge in [-0.3, -0.25) is 9.59 Å². The maximum atomic E-state index is 13.0. The molecule has 0 spiro atoms. The predicted molar refractivity (Wildman–Crippen MR) is 119 cm³/mol. The quantitative estimate of drug-likeness (QED) is 0.597. The molecule has 3 amide bonds. The summed E-state index contributed by atoms with van der Waals surface area (Å²) in [6.45, 7) is 1.53. The van der Waals surface area contributed by atoms with Gasteiger partial charge in [0.1, 0.15) is 5.82 Å². The van der Waals surface area contributed by atoms with Gasteiger partial charge in [-0.1, -0.05) is 12.1 Å². The Morgan fingerprint density at radius 2 is 2.06 bits per heavy atom. The second-order valence-electron chi connectivity index (χ2n) is 8.17. The molecule has 1 atom stereocenters. The lowest BCUT2D eigenvalue weighted by atomic mass is 10.0. The van der Waals surface area contributed by atoms with E-state index in [-0.39, 0.29) is 18.4 Å². The molecule has 33 heavy (non-hydrogen) atoms. The maximum absolute atomic E-state index is 13.0. The van der Waals surface area contributed by atoms with E-state index in [1.54, 1.807) is 28.1 Å². The molecule has 2 aromatic heterocycles. The summed E-state index contributed by atoms with van der Waals surface area (Å²) in [7, 11) is 1.51. The maximum Gasteiger partial charge on any atom is 0.320 e. The van der Waals surface area contributed by atoms with Crippen LogP contribution in [0.4, 0.5) is 10.6 Å². The van der Waals surface area contributed by atoms with Gasteiger partial charge in [-0.05, 0) is 36.5 Å². The van der Waals surface area contributed by atoms with Gasteiger partial charge in [0.15, 0.2) is 0 Å². The summed E-state index contributed by atoms with van der Waals surface area (Å²) in [5.74, 6) is 0.0693. The van der Waals surface area contributed by atoms with Gasteiger partial charge in [0.05, 0.1) is 19.6 Å². The monoisotopic (exact) mass is 453 g/mol. The first-order valence-electron chi connectivity index (χ1n) is 11.0. The summed E-state index contributed by atoms with van der Waals surface area (Å²) in [6, 6.07) is 6.60. The fraction of sp³-hybridized carbons (Fsp3) is 0.435. The number of hydrogen-bond donors (Lipinski definition) is 2. The molecule has 0 bridgehead atoms. The van der Waals surface area contributed by atoms with Crippen LogP contribution in [0.5, 0.6) is 5.88 Å². The number of rotatable bonds is 9. The highest BCUT2D eigenvalue weighted by molar-refractivity contribution is 5.92. The van der Waals surface area contributed by atoms with Crippen LogP contribution in [0.2, 0.25) is 0 Å². The van der Waals surface area contributed by atoms with Crippen molar-refractivity contribution in [2.45, 2.75) is 38.1 Å². The summed E-state index contributed by atoms with van der Waals surface area (Å²) in [5.41, 5.74) is 2.57. The highest BCUT2D eigenvalue weighted by Gasteiger charge is 2.35. The predicted octanol–water partition coefficient (Wildman–Crippen LogP) is 2.26. The van der Waals surface area contributed by atoms with Crippen LogP contribution in [0.3, 0.4) is 0 Å². The summed E-state index contributed by atoms with van der Waals surface area (Å²) < 4.78 is 5.07. The van der Waals surface area contributed by atoms with Crippen molar-refractivity contribution in [3.05, 3.63) is 47.3 Å². The van der Waals surface area contributed by atoms with Gasteiger partial charge in [0.2, 0.25) is 11.8 Å². The normalized spacial score (nSPS) is 16.4. The minimum absolute atomic E-state index is 0.0159. The number of ether oxygens (including phenoxy) is 1. The van der Waals surface area contributed by atoms with Gasteiger partial charge in [-0.15, -0.1) is 0 Å². The second-order valence-corrected chi connectivity index (χ2v) is 8.17. The molecule has 4 heterocycles. The van der Waals surface area contributed by atoms with Crippen molar-refractivity contribution in [3.8, 4) is 5.88 Å². The Hall–Kier alpha value is -3.69. The highest BCUT2D eigenvalue weighted by atomic mass is 16.5. The van der Waals surface area contributed by atoms with E-state index in [2.05, 4.69) is 15.3 Å². The fourth-order valence-electron chi connectivity index (χ4n) is 4.25. The first kappa shape index (κ1) is 22.5. The zero-order chi connectivity index (χ0) is 23.4. The van der Waals surface area contributed by atoms with E-state index in [1.165, 1.54) is 7.11 Å². The number of aromatic nitrogens is 2. The molecular formula is C23H27N5O5. The third-order valence-corrected chi connectivity index (χ3v) is 6.00. The van der Waals surface area contributed by atoms with Crippen LogP contribution in [0.1, 0.15) is 42.1 Å². The number of methoxy groups -OCH3 is 1. The third-order valence-electron chi connectivity index (χ3n) is 6.00. The molecule has 0 aliphatic carbocycles. The molecule has 1 saturated heterocycles. The van der Waals surface area contributed by atoms with Crippen LogP contribution in [-0.2, 0) is 22.4 Å². The molecule has 2 aromatic rings. The van der Waals surface area contributed by atoms with E-state index in [0.717, 1.165) is 11.3 Å². The van der Waals surface area contributed by atoms with Crippen molar-refractivity contribution in [3.63, 3.8) is 0 Å².